The van der Waals surface area contributed by atoms with Crippen LogP contribution in [0.25, 0.3) is 0 Å². The molecule has 2 rings (SSSR count). The molecule has 0 heterocycles. The Kier molecular flexibility index (Phi) is 11.7. The maximum Gasteiger partial charge on any atom is 0.387 e. The predicted molar refractivity (Wildman–Crippen MR) is 122 cm³/mol. The van der Waals surface area contributed by atoms with Crippen molar-refractivity contribution in [1.82, 2.24) is 10.6 Å². The van der Waals surface area contributed by atoms with Crippen molar-refractivity contribution in [1.29, 1.82) is 0 Å². The SMILES string of the molecule is CCNC(=NCC(=O)Nc1ccc(F)cc1)NCC(O)c1ccc(OC(F)F)cc1.I. The van der Waals surface area contributed by atoms with Crippen molar-refractivity contribution in [3.63, 3.8) is 0 Å². The monoisotopic (exact) mass is 552 g/mol. The Labute approximate surface area is 195 Å². The van der Waals surface area contributed by atoms with Gasteiger partial charge >= 0.3 is 6.61 Å². The van der Waals surface area contributed by atoms with E-state index in [-0.39, 0.29) is 42.8 Å². The highest BCUT2D eigenvalue weighted by Crippen LogP contribution is 2.19. The van der Waals surface area contributed by atoms with E-state index in [1.807, 2.05) is 6.92 Å². The van der Waals surface area contributed by atoms with Crippen molar-refractivity contribution in [3.05, 3.63) is 59.9 Å². The van der Waals surface area contributed by atoms with Crippen molar-refractivity contribution in [3.8, 4) is 5.75 Å². The molecule has 0 aromatic heterocycles. The molecule has 2 aromatic rings. The van der Waals surface area contributed by atoms with Crippen LogP contribution in [-0.2, 0) is 4.79 Å². The Morgan fingerprint density at radius 1 is 1.10 bits per heavy atom. The topological polar surface area (TPSA) is 95.0 Å². The molecule has 1 atom stereocenters. The molecule has 0 aliphatic carbocycles. The lowest BCUT2D eigenvalue weighted by Gasteiger charge is -2.16. The molecule has 31 heavy (non-hydrogen) atoms. The van der Waals surface area contributed by atoms with Crippen LogP contribution in [-0.4, -0.2) is 43.2 Å². The fraction of sp³-hybridized carbons (Fsp3) is 0.300. The van der Waals surface area contributed by atoms with Gasteiger partial charge < -0.3 is 25.8 Å². The zero-order chi connectivity index (χ0) is 21.9. The number of aliphatic hydroxyl groups excluding tert-OH is 1. The number of hydrogen-bond donors (Lipinski definition) is 4. The normalized spacial score (nSPS) is 12.0. The number of aliphatic imine (C=N–C) groups is 1. The van der Waals surface area contributed by atoms with Crippen LogP contribution in [0.5, 0.6) is 5.75 Å². The molecule has 0 aliphatic heterocycles. The first kappa shape index (κ1) is 26.5. The summed E-state index contributed by atoms with van der Waals surface area (Å²) in [5, 5.41) is 18.7. The summed E-state index contributed by atoms with van der Waals surface area (Å²) >= 11 is 0. The van der Waals surface area contributed by atoms with Gasteiger partial charge in [0.1, 0.15) is 18.1 Å². The maximum atomic E-state index is 12.9. The first-order chi connectivity index (χ1) is 14.4. The second kappa shape index (κ2) is 13.7. The van der Waals surface area contributed by atoms with Crippen LogP contribution in [0.3, 0.4) is 0 Å². The van der Waals surface area contributed by atoms with E-state index < -0.39 is 24.4 Å². The van der Waals surface area contributed by atoms with Crippen molar-refractivity contribution in [2.75, 3.05) is 25.0 Å². The number of amides is 1. The smallest absolute Gasteiger partial charge is 0.387 e. The van der Waals surface area contributed by atoms with E-state index in [0.29, 0.717) is 23.8 Å². The number of aliphatic hydroxyl groups is 1. The second-order valence-corrected chi connectivity index (χ2v) is 6.09. The average molecular weight is 552 g/mol. The predicted octanol–water partition coefficient (Wildman–Crippen LogP) is 3.27. The summed E-state index contributed by atoms with van der Waals surface area (Å²) < 4.78 is 41.5. The molecule has 1 amide bonds. The molecule has 0 aliphatic rings. The van der Waals surface area contributed by atoms with E-state index in [4.69, 9.17) is 0 Å². The molecule has 7 nitrogen and oxygen atoms in total. The minimum absolute atomic E-state index is 0. The van der Waals surface area contributed by atoms with Crippen molar-refractivity contribution in [2.24, 2.45) is 4.99 Å². The number of carbonyl (C=O) groups is 1. The van der Waals surface area contributed by atoms with Gasteiger partial charge in [0.25, 0.3) is 0 Å². The second-order valence-electron chi connectivity index (χ2n) is 6.09. The largest absolute Gasteiger partial charge is 0.435 e. The van der Waals surface area contributed by atoms with Gasteiger partial charge in [0.05, 0.1) is 6.10 Å². The highest BCUT2D eigenvalue weighted by Gasteiger charge is 2.11. The van der Waals surface area contributed by atoms with Crippen LogP contribution in [0.1, 0.15) is 18.6 Å². The number of benzene rings is 2. The maximum absolute atomic E-state index is 12.9. The summed E-state index contributed by atoms with van der Waals surface area (Å²) in [6, 6.07) is 11.0. The lowest BCUT2D eigenvalue weighted by molar-refractivity contribution is -0.114. The number of hydrogen-bond acceptors (Lipinski definition) is 4. The summed E-state index contributed by atoms with van der Waals surface area (Å²) in [7, 11) is 0. The van der Waals surface area contributed by atoms with E-state index >= 15 is 0 Å². The molecule has 0 radical (unpaired) electrons. The third-order valence-corrected chi connectivity index (χ3v) is 3.81. The van der Waals surface area contributed by atoms with Gasteiger partial charge in [-0.1, -0.05) is 12.1 Å². The summed E-state index contributed by atoms with van der Waals surface area (Å²) in [5.74, 6) is -0.493. The molecule has 11 heteroatoms. The Morgan fingerprint density at radius 2 is 1.74 bits per heavy atom. The van der Waals surface area contributed by atoms with Gasteiger partial charge in [0.2, 0.25) is 5.91 Å². The number of alkyl halides is 2. The van der Waals surface area contributed by atoms with Gasteiger partial charge in [-0.05, 0) is 48.9 Å². The molecule has 0 bridgehead atoms. The molecule has 2 aromatic carbocycles. The zero-order valence-electron chi connectivity index (χ0n) is 16.6. The van der Waals surface area contributed by atoms with Gasteiger partial charge in [0.15, 0.2) is 5.96 Å². The van der Waals surface area contributed by atoms with Crippen LogP contribution in [0, 0.1) is 5.82 Å². The molecule has 0 saturated carbocycles. The summed E-state index contributed by atoms with van der Waals surface area (Å²) in [6.07, 6.45) is -0.942. The Hall–Kier alpha value is -2.54. The minimum atomic E-state index is -2.92. The first-order valence-corrected chi connectivity index (χ1v) is 9.17. The summed E-state index contributed by atoms with van der Waals surface area (Å²) in [4.78, 5) is 16.1. The van der Waals surface area contributed by atoms with E-state index in [0.717, 1.165) is 0 Å². The van der Waals surface area contributed by atoms with Gasteiger partial charge in [-0.3, -0.25) is 4.79 Å². The first-order valence-electron chi connectivity index (χ1n) is 9.17. The summed E-state index contributed by atoms with van der Waals surface area (Å²) in [5.41, 5.74) is 0.943. The van der Waals surface area contributed by atoms with E-state index in [9.17, 15) is 23.1 Å². The van der Waals surface area contributed by atoms with Gasteiger partial charge in [-0.2, -0.15) is 8.78 Å². The summed E-state index contributed by atoms with van der Waals surface area (Å²) in [6.45, 7) is -0.667. The number of nitrogens with zero attached hydrogens (tertiary/aromatic N) is 1. The quantitative estimate of drug-likeness (QED) is 0.218. The van der Waals surface area contributed by atoms with Crippen LogP contribution < -0.4 is 20.7 Å². The molecule has 0 fully saturated rings. The molecular weight excluding hydrogens is 528 g/mol. The molecule has 0 saturated heterocycles. The molecular formula is C20H24F3IN4O3. The van der Waals surface area contributed by atoms with E-state index in [1.54, 1.807) is 0 Å². The number of nitrogens with one attached hydrogen (secondary N) is 3. The Morgan fingerprint density at radius 3 is 2.32 bits per heavy atom. The number of guanidine groups is 1. The Balaban J connectivity index is 0.00000480. The molecule has 170 valence electrons. The lowest BCUT2D eigenvalue weighted by atomic mass is 10.1. The molecule has 1 unspecified atom stereocenters. The van der Waals surface area contributed by atoms with Crippen LogP contribution in [0.2, 0.25) is 0 Å². The number of halogens is 4. The van der Waals surface area contributed by atoms with Crippen LogP contribution >= 0.6 is 24.0 Å². The van der Waals surface area contributed by atoms with E-state index in [1.165, 1.54) is 48.5 Å². The van der Waals surface area contributed by atoms with E-state index in [2.05, 4.69) is 25.7 Å². The number of rotatable bonds is 9. The van der Waals surface area contributed by atoms with Crippen molar-refractivity contribution in [2.45, 2.75) is 19.6 Å². The van der Waals surface area contributed by atoms with Gasteiger partial charge in [-0.15, -0.1) is 24.0 Å². The van der Waals surface area contributed by atoms with Gasteiger partial charge in [0, 0.05) is 18.8 Å². The number of ether oxygens (including phenoxy) is 1. The van der Waals surface area contributed by atoms with Crippen LogP contribution in [0.15, 0.2) is 53.5 Å². The standard InChI is InChI=1S/C20H23F3N4O3.HI/c1-2-24-20(26-12-18(29)27-15-7-5-14(21)6-8-15)25-11-17(28)13-3-9-16(10-4-13)30-19(22)23;/h3-10,17,19,28H,2,11-12H2,1H3,(H,27,29)(H2,24,25,26);1H. The Bertz CT molecular complexity index is 837. The third kappa shape index (κ3) is 9.87. The average Bonchev–Trinajstić information content (AvgIpc) is 2.71. The van der Waals surface area contributed by atoms with Crippen molar-refractivity contribution >= 4 is 41.5 Å². The highest BCUT2D eigenvalue weighted by atomic mass is 127. The third-order valence-electron chi connectivity index (χ3n) is 3.81. The van der Waals surface area contributed by atoms with Gasteiger partial charge in [-0.25, -0.2) is 9.38 Å². The number of carbonyl (C=O) groups excluding carboxylic acids is 1. The minimum Gasteiger partial charge on any atom is -0.435 e. The fourth-order valence-electron chi connectivity index (χ4n) is 2.41. The highest BCUT2D eigenvalue weighted by molar-refractivity contribution is 14.0. The number of anilines is 1. The van der Waals surface area contributed by atoms with Crippen LogP contribution in [0.4, 0.5) is 18.9 Å². The lowest BCUT2D eigenvalue weighted by Crippen LogP contribution is -2.40. The zero-order valence-corrected chi connectivity index (χ0v) is 19.0. The molecule has 0 spiro atoms. The van der Waals surface area contributed by atoms with Crippen molar-refractivity contribution < 1.29 is 27.8 Å². The fourth-order valence-corrected chi connectivity index (χ4v) is 2.41. The molecule has 4 N–H and O–H groups in total.